The van der Waals surface area contributed by atoms with E-state index in [2.05, 4.69) is 31.3 Å². The van der Waals surface area contributed by atoms with Crippen molar-refractivity contribution in [1.82, 2.24) is 4.90 Å². The van der Waals surface area contributed by atoms with Crippen molar-refractivity contribution < 1.29 is 19.1 Å². The molecule has 0 aliphatic carbocycles. The number of hydrogen-bond donors (Lipinski definition) is 1. The number of hydrogen-bond acceptors (Lipinski definition) is 4. The number of rotatable bonds is 6. The molecule has 0 bridgehead atoms. The third-order valence-corrected chi connectivity index (χ3v) is 6.47. The number of benzene rings is 2. The van der Waals surface area contributed by atoms with Crippen LogP contribution < -0.4 is 15.0 Å². The zero-order valence-corrected chi connectivity index (χ0v) is 20.6. The van der Waals surface area contributed by atoms with Crippen LogP contribution in [-0.4, -0.2) is 48.4 Å². The van der Waals surface area contributed by atoms with Crippen molar-refractivity contribution in [2.75, 3.05) is 29.9 Å². The Morgan fingerprint density at radius 1 is 1.09 bits per heavy atom. The first kappa shape index (κ1) is 24.5. The predicted molar refractivity (Wildman–Crippen MR) is 138 cm³/mol. The summed E-state index contributed by atoms with van der Waals surface area (Å²) in [6.45, 7) is 7.37. The number of nitrogens with zero attached hydrogens (tertiary/aromatic N) is 2. The molecule has 1 saturated heterocycles. The Morgan fingerprint density at radius 2 is 1.80 bits per heavy atom. The first-order valence-corrected chi connectivity index (χ1v) is 12.3. The predicted octanol–water partition coefficient (Wildman–Crippen LogP) is 4.59. The van der Waals surface area contributed by atoms with Crippen molar-refractivity contribution >= 4 is 35.2 Å². The molecule has 1 atom stereocenters. The van der Waals surface area contributed by atoms with Gasteiger partial charge in [0.15, 0.2) is 6.10 Å². The zero-order valence-electron chi connectivity index (χ0n) is 20.6. The van der Waals surface area contributed by atoms with Crippen LogP contribution >= 0.6 is 0 Å². The van der Waals surface area contributed by atoms with E-state index in [9.17, 15) is 14.4 Å². The van der Waals surface area contributed by atoms with E-state index in [1.54, 1.807) is 31.2 Å². The van der Waals surface area contributed by atoms with Crippen LogP contribution in [0.25, 0.3) is 6.08 Å². The maximum atomic E-state index is 12.9. The molecule has 2 heterocycles. The molecule has 184 valence electrons. The number of piperidine rings is 1. The molecule has 1 fully saturated rings. The van der Waals surface area contributed by atoms with Crippen LogP contribution in [0.3, 0.4) is 0 Å². The molecule has 2 aliphatic rings. The van der Waals surface area contributed by atoms with E-state index in [-0.39, 0.29) is 24.3 Å². The number of nitrogens with one attached hydrogen (secondary N) is 1. The number of carbonyl (C=O) groups is 3. The minimum atomic E-state index is -0.679. The second kappa shape index (κ2) is 10.8. The Balaban J connectivity index is 1.47. The SMILES string of the molecule is CC1Oc2ccc(NC(=O)/C=C/c3ccc(C(C)C)cc3)cc2N(CC(=O)N2CCCCC2)C1=O. The number of ether oxygens (including phenoxy) is 1. The van der Waals surface area contributed by atoms with Crippen molar-refractivity contribution in [1.29, 1.82) is 0 Å². The molecule has 35 heavy (non-hydrogen) atoms. The van der Waals surface area contributed by atoms with Gasteiger partial charge in [0.05, 0.1) is 5.69 Å². The minimum absolute atomic E-state index is 0.0385. The topological polar surface area (TPSA) is 79.0 Å². The van der Waals surface area contributed by atoms with Crippen LogP contribution in [-0.2, 0) is 14.4 Å². The number of carbonyl (C=O) groups excluding carboxylic acids is 3. The number of likely N-dealkylation sites (tertiary alicyclic amines) is 1. The van der Waals surface area contributed by atoms with Gasteiger partial charge in [-0.2, -0.15) is 0 Å². The minimum Gasteiger partial charge on any atom is -0.479 e. The quantitative estimate of drug-likeness (QED) is 0.620. The average Bonchev–Trinajstić information content (AvgIpc) is 2.86. The highest BCUT2D eigenvalue weighted by Gasteiger charge is 2.34. The summed E-state index contributed by atoms with van der Waals surface area (Å²) in [6.07, 6.45) is 5.66. The Bertz CT molecular complexity index is 1120. The van der Waals surface area contributed by atoms with Gasteiger partial charge in [-0.05, 0) is 67.5 Å². The summed E-state index contributed by atoms with van der Waals surface area (Å²) in [5.41, 5.74) is 3.19. The second-order valence-electron chi connectivity index (χ2n) is 9.45. The molecule has 2 aromatic rings. The summed E-state index contributed by atoms with van der Waals surface area (Å²) in [5.74, 6) is 0.344. The summed E-state index contributed by atoms with van der Waals surface area (Å²) < 4.78 is 5.75. The highest BCUT2D eigenvalue weighted by Crippen LogP contribution is 2.36. The molecule has 1 N–H and O–H groups in total. The van der Waals surface area contributed by atoms with Gasteiger partial charge in [-0.1, -0.05) is 38.1 Å². The fraction of sp³-hybridized carbons (Fsp3) is 0.393. The van der Waals surface area contributed by atoms with E-state index in [1.807, 2.05) is 17.0 Å². The molecule has 0 radical (unpaired) electrons. The molecule has 0 spiro atoms. The van der Waals surface area contributed by atoms with Gasteiger partial charge < -0.3 is 15.0 Å². The number of amides is 3. The third kappa shape index (κ3) is 5.91. The molecule has 2 aliphatic heterocycles. The first-order chi connectivity index (χ1) is 16.8. The lowest BCUT2D eigenvalue weighted by Gasteiger charge is -2.35. The molecular weight excluding hydrogens is 442 g/mol. The molecule has 2 aromatic carbocycles. The molecular formula is C28H33N3O4. The van der Waals surface area contributed by atoms with Crippen LogP contribution in [0.15, 0.2) is 48.5 Å². The summed E-state index contributed by atoms with van der Waals surface area (Å²) in [4.78, 5) is 41.6. The summed E-state index contributed by atoms with van der Waals surface area (Å²) in [7, 11) is 0. The van der Waals surface area contributed by atoms with E-state index < -0.39 is 6.10 Å². The highest BCUT2D eigenvalue weighted by atomic mass is 16.5. The van der Waals surface area contributed by atoms with Gasteiger partial charge in [-0.25, -0.2) is 0 Å². The Labute approximate surface area is 206 Å². The summed E-state index contributed by atoms with van der Waals surface area (Å²) >= 11 is 0. The molecule has 3 amide bonds. The van der Waals surface area contributed by atoms with Crippen LogP contribution in [0.2, 0.25) is 0 Å². The zero-order chi connectivity index (χ0) is 24.9. The van der Waals surface area contributed by atoms with Crippen molar-refractivity contribution in [3.63, 3.8) is 0 Å². The monoisotopic (exact) mass is 475 g/mol. The third-order valence-electron chi connectivity index (χ3n) is 6.47. The Kier molecular flexibility index (Phi) is 7.54. The average molecular weight is 476 g/mol. The second-order valence-corrected chi connectivity index (χ2v) is 9.45. The molecule has 7 nitrogen and oxygen atoms in total. The molecule has 7 heteroatoms. The van der Waals surface area contributed by atoms with Gasteiger partial charge in [-0.15, -0.1) is 0 Å². The van der Waals surface area contributed by atoms with Crippen LogP contribution in [0.5, 0.6) is 5.75 Å². The van der Waals surface area contributed by atoms with Crippen molar-refractivity contribution in [3.05, 3.63) is 59.7 Å². The van der Waals surface area contributed by atoms with Crippen molar-refractivity contribution in [3.8, 4) is 5.75 Å². The smallest absolute Gasteiger partial charge is 0.268 e. The van der Waals surface area contributed by atoms with E-state index in [4.69, 9.17) is 4.74 Å². The fourth-order valence-corrected chi connectivity index (χ4v) is 4.37. The summed E-state index contributed by atoms with van der Waals surface area (Å²) in [6, 6.07) is 13.2. The van der Waals surface area contributed by atoms with Gasteiger partial charge >= 0.3 is 0 Å². The maximum absolute atomic E-state index is 12.9. The van der Waals surface area contributed by atoms with E-state index >= 15 is 0 Å². The van der Waals surface area contributed by atoms with E-state index in [1.165, 1.54) is 16.5 Å². The normalized spacial score (nSPS) is 17.9. The van der Waals surface area contributed by atoms with E-state index in [0.717, 1.165) is 37.9 Å². The lowest BCUT2D eigenvalue weighted by molar-refractivity contribution is -0.133. The molecule has 0 saturated carbocycles. The highest BCUT2D eigenvalue weighted by molar-refractivity contribution is 6.06. The van der Waals surface area contributed by atoms with Crippen LogP contribution in [0, 0.1) is 0 Å². The maximum Gasteiger partial charge on any atom is 0.268 e. The lowest BCUT2D eigenvalue weighted by atomic mass is 10.0. The lowest BCUT2D eigenvalue weighted by Crippen LogP contribution is -2.50. The molecule has 4 rings (SSSR count). The molecule has 0 aromatic heterocycles. The number of anilines is 2. The van der Waals surface area contributed by atoms with Crippen LogP contribution in [0.1, 0.15) is 57.1 Å². The fourth-order valence-electron chi connectivity index (χ4n) is 4.37. The Hall–Kier alpha value is -3.61. The van der Waals surface area contributed by atoms with Crippen molar-refractivity contribution in [2.45, 2.75) is 52.1 Å². The molecule has 1 unspecified atom stereocenters. The van der Waals surface area contributed by atoms with Gasteiger partial charge in [0.2, 0.25) is 11.8 Å². The largest absolute Gasteiger partial charge is 0.479 e. The van der Waals surface area contributed by atoms with Gasteiger partial charge in [0.1, 0.15) is 12.3 Å². The Morgan fingerprint density at radius 3 is 2.49 bits per heavy atom. The van der Waals surface area contributed by atoms with Crippen molar-refractivity contribution in [2.24, 2.45) is 0 Å². The number of fused-ring (bicyclic) bond motifs is 1. The van der Waals surface area contributed by atoms with Gasteiger partial charge in [0.25, 0.3) is 5.91 Å². The van der Waals surface area contributed by atoms with Crippen LogP contribution in [0.4, 0.5) is 11.4 Å². The van der Waals surface area contributed by atoms with E-state index in [0.29, 0.717) is 23.0 Å². The standard InChI is InChI=1S/C28H33N3O4/c1-19(2)22-10-7-21(8-11-22)9-14-26(32)29-23-12-13-25-24(17-23)31(28(34)20(3)35-25)18-27(33)30-15-5-4-6-16-30/h7-14,17,19-20H,4-6,15-16,18H2,1-3H3,(H,29,32)/b14-9+. The van der Waals surface area contributed by atoms with Gasteiger partial charge in [-0.3, -0.25) is 19.3 Å². The first-order valence-electron chi connectivity index (χ1n) is 12.3. The summed E-state index contributed by atoms with van der Waals surface area (Å²) in [5, 5.41) is 2.84. The van der Waals surface area contributed by atoms with Gasteiger partial charge in [0, 0.05) is 24.9 Å².